The van der Waals surface area contributed by atoms with Crippen LogP contribution in [0.4, 0.5) is 0 Å². The molecule has 1 rings (SSSR count). The number of carbonyl (C=O) groups is 1. The maximum absolute atomic E-state index is 10.8. The number of piperazine rings is 1. The summed E-state index contributed by atoms with van der Waals surface area (Å²) in [5.41, 5.74) is 0.0712. The highest BCUT2D eigenvalue weighted by Gasteiger charge is 2.38. The number of carboxylic acids is 1. The molecule has 2 N–H and O–H groups in total. The number of aliphatic carboxylic acids is 1. The van der Waals surface area contributed by atoms with Gasteiger partial charge in [-0.05, 0) is 34.6 Å². The fourth-order valence-corrected chi connectivity index (χ4v) is 2.28. The van der Waals surface area contributed by atoms with Gasteiger partial charge in [0.05, 0.1) is 6.42 Å². The molecule has 4 heteroatoms. The second kappa shape index (κ2) is 4.34. The van der Waals surface area contributed by atoms with Crippen LogP contribution in [0.5, 0.6) is 0 Å². The maximum Gasteiger partial charge on any atom is 0.304 e. The molecule has 0 amide bonds. The normalized spacial score (nSPS) is 26.7. The van der Waals surface area contributed by atoms with E-state index in [1.165, 1.54) is 0 Å². The summed E-state index contributed by atoms with van der Waals surface area (Å²) in [5.74, 6) is -0.722. The highest BCUT2D eigenvalue weighted by Crippen LogP contribution is 2.25. The lowest BCUT2D eigenvalue weighted by molar-refractivity contribution is -0.139. The Morgan fingerprint density at radius 1 is 1.50 bits per heavy atom. The van der Waals surface area contributed by atoms with E-state index in [1.54, 1.807) is 0 Å². The molecule has 4 nitrogen and oxygen atoms in total. The van der Waals surface area contributed by atoms with E-state index in [0.29, 0.717) is 0 Å². The number of nitrogens with zero attached hydrogens (tertiary/aromatic N) is 1. The first kappa shape index (κ1) is 13.5. The van der Waals surface area contributed by atoms with Crippen LogP contribution in [0.2, 0.25) is 0 Å². The molecular formula is C12H24N2O2. The van der Waals surface area contributed by atoms with Gasteiger partial charge in [0.2, 0.25) is 0 Å². The number of carboxylic acid groups (broad SMARTS) is 1. The molecule has 1 aliphatic rings. The fraction of sp³-hybridized carbons (Fsp3) is 0.917. The molecule has 1 atom stereocenters. The molecule has 0 bridgehead atoms. The minimum atomic E-state index is -0.722. The maximum atomic E-state index is 10.8. The molecule has 1 unspecified atom stereocenters. The first-order valence-electron chi connectivity index (χ1n) is 5.85. The fourth-order valence-electron chi connectivity index (χ4n) is 2.28. The molecule has 94 valence electrons. The second-order valence-electron chi connectivity index (χ2n) is 6.32. The van der Waals surface area contributed by atoms with Gasteiger partial charge in [-0.3, -0.25) is 9.69 Å². The highest BCUT2D eigenvalue weighted by atomic mass is 16.4. The zero-order chi connectivity index (χ0) is 12.6. The molecule has 0 aromatic heterocycles. The van der Waals surface area contributed by atoms with Gasteiger partial charge < -0.3 is 10.4 Å². The van der Waals surface area contributed by atoms with Gasteiger partial charge in [-0.25, -0.2) is 0 Å². The number of nitrogens with one attached hydrogen (secondary N) is 1. The lowest BCUT2D eigenvalue weighted by Gasteiger charge is -2.50. The van der Waals surface area contributed by atoms with Gasteiger partial charge in [-0.1, -0.05) is 0 Å². The molecule has 0 aliphatic carbocycles. The van der Waals surface area contributed by atoms with Crippen molar-refractivity contribution in [2.75, 3.05) is 13.1 Å². The topological polar surface area (TPSA) is 52.6 Å². The third-order valence-corrected chi connectivity index (χ3v) is 3.09. The van der Waals surface area contributed by atoms with Crippen molar-refractivity contribution in [3.8, 4) is 0 Å². The molecule has 0 spiro atoms. The molecular weight excluding hydrogens is 204 g/mol. The average molecular weight is 228 g/mol. The van der Waals surface area contributed by atoms with Crippen molar-refractivity contribution in [2.45, 2.75) is 58.2 Å². The lowest BCUT2D eigenvalue weighted by atomic mass is 9.91. The number of hydrogen-bond donors (Lipinski definition) is 2. The minimum Gasteiger partial charge on any atom is -0.481 e. The van der Waals surface area contributed by atoms with Gasteiger partial charge in [0, 0.05) is 30.2 Å². The van der Waals surface area contributed by atoms with Gasteiger partial charge >= 0.3 is 5.97 Å². The Morgan fingerprint density at radius 3 is 2.50 bits per heavy atom. The number of rotatable bonds is 2. The molecule has 1 saturated heterocycles. The van der Waals surface area contributed by atoms with Crippen molar-refractivity contribution in [2.24, 2.45) is 0 Å². The minimum absolute atomic E-state index is 0.0134. The van der Waals surface area contributed by atoms with Crippen LogP contribution in [-0.4, -0.2) is 46.2 Å². The summed E-state index contributed by atoms with van der Waals surface area (Å²) >= 11 is 0. The average Bonchev–Trinajstić information content (AvgIpc) is 2.05. The van der Waals surface area contributed by atoms with Crippen molar-refractivity contribution < 1.29 is 9.90 Å². The summed E-state index contributed by atoms with van der Waals surface area (Å²) in [4.78, 5) is 13.2. The Labute approximate surface area is 98.0 Å². The smallest absolute Gasteiger partial charge is 0.304 e. The van der Waals surface area contributed by atoms with Crippen molar-refractivity contribution in [1.29, 1.82) is 0 Å². The van der Waals surface area contributed by atoms with E-state index in [9.17, 15) is 4.79 Å². The third kappa shape index (κ3) is 3.46. The van der Waals surface area contributed by atoms with E-state index in [4.69, 9.17) is 5.11 Å². The first-order chi connectivity index (χ1) is 7.12. The quantitative estimate of drug-likeness (QED) is 0.748. The Kier molecular flexibility index (Phi) is 3.65. The predicted molar refractivity (Wildman–Crippen MR) is 64.6 cm³/mol. The molecule has 0 aromatic rings. The van der Waals surface area contributed by atoms with E-state index >= 15 is 0 Å². The zero-order valence-corrected chi connectivity index (χ0v) is 11.0. The largest absolute Gasteiger partial charge is 0.481 e. The Bertz CT molecular complexity index is 269. The van der Waals surface area contributed by atoms with Gasteiger partial charge in [0.25, 0.3) is 0 Å². The van der Waals surface area contributed by atoms with E-state index in [-0.39, 0.29) is 23.5 Å². The number of hydrogen-bond acceptors (Lipinski definition) is 3. The van der Waals surface area contributed by atoms with Crippen LogP contribution in [0, 0.1) is 0 Å². The summed E-state index contributed by atoms with van der Waals surface area (Å²) in [6.45, 7) is 12.4. The van der Waals surface area contributed by atoms with Gasteiger partial charge in [0.1, 0.15) is 0 Å². The van der Waals surface area contributed by atoms with Crippen LogP contribution in [-0.2, 0) is 4.79 Å². The van der Waals surface area contributed by atoms with E-state index in [1.807, 2.05) is 0 Å². The summed E-state index contributed by atoms with van der Waals surface area (Å²) in [6.07, 6.45) is 0.209. The van der Waals surface area contributed by atoms with Crippen LogP contribution in [0.25, 0.3) is 0 Å². The molecule has 0 aromatic carbocycles. The van der Waals surface area contributed by atoms with Gasteiger partial charge in [0.15, 0.2) is 0 Å². The SMILES string of the molecule is CC1(C)CN(C(C)(C)C)C(CC(=O)O)CN1. The summed E-state index contributed by atoms with van der Waals surface area (Å²) in [7, 11) is 0. The van der Waals surface area contributed by atoms with Crippen molar-refractivity contribution in [3.05, 3.63) is 0 Å². The van der Waals surface area contributed by atoms with Crippen LogP contribution in [0.15, 0.2) is 0 Å². The summed E-state index contributed by atoms with van der Waals surface area (Å²) in [5, 5.41) is 12.3. The van der Waals surface area contributed by atoms with E-state index in [2.05, 4.69) is 44.8 Å². The lowest BCUT2D eigenvalue weighted by Crippen LogP contribution is -2.66. The molecule has 1 fully saturated rings. The van der Waals surface area contributed by atoms with Crippen molar-refractivity contribution >= 4 is 5.97 Å². The van der Waals surface area contributed by atoms with Crippen LogP contribution >= 0.6 is 0 Å². The first-order valence-corrected chi connectivity index (χ1v) is 5.85. The highest BCUT2D eigenvalue weighted by molar-refractivity contribution is 5.67. The van der Waals surface area contributed by atoms with Crippen LogP contribution in [0.3, 0.4) is 0 Å². The Morgan fingerprint density at radius 2 is 2.06 bits per heavy atom. The molecule has 1 heterocycles. The Hall–Kier alpha value is -0.610. The predicted octanol–water partition coefficient (Wildman–Crippen LogP) is 1.31. The molecule has 0 radical (unpaired) electrons. The Balaban J connectivity index is 2.80. The van der Waals surface area contributed by atoms with Crippen LogP contribution in [0.1, 0.15) is 41.0 Å². The third-order valence-electron chi connectivity index (χ3n) is 3.09. The van der Waals surface area contributed by atoms with E-state index < -0.39 is 5.97 Å². The summed E-state index contributed by atoms with van der Waals surface area (Å²) < 4.78 is 0. The summed E-state index contributed by atoms with van der Waals surface area (Å²) in [6, 6.07) is 0.0884. The standard InChI is InChI=1S/C12H24N2O2/c1-11(2,3)14-8-12(4,5)13-7-9(14)6-10(15)16/h9,13H,6-8H2,1-5H3,(H,15,16). The second-order valence-corrected chi connectivity index (χ2v) is 6.32. The molecule has 0 saturated carbocycles. The van der Waals surface area contributed by atoms with Gasteiger partial charge in [-0.15, -0.1) is 0 Å². The van der Waals surface area contributed by atoms with Crippen molar-refractivity contribution in [3.63, 3.8) is 0 Å². The van der Waals surface area contributed by atoms with Gasteiger partial charge in [-0.2, -0.15) is 0 Å². The van der Waals surface area contributed by atoms with E-state index in [0.717, 1.165) is 13.1 Å². The zero-order valence-electron chi connectivity index (χ0n) is 11.0. The monoisotopic (exact) mass is 228 g/mol. The van der Waals surface area contributed by atoms with Crippen molar-refractivity contribution in [1.82, 2.24) is 10.2 Å². The molecule has 16 heavy (non-hydrogen) atoms. The molecule has 1 aliphatic heterocycles. The van der Waals surface area contributed by atoms with Crippen LogP contribution < -0.4 is 5.32 Å².